The summed E-state index contributed by atoms with van der Waals surface area (Å²) < 4.78 is 65.7. The predicted octanol–water partition coefficient (Wildman–Crippen LogP) is 1.99. The van der Waals surface area contributed by atoms with Crippen LogP contribution in [0.3, 0.4) is 0 Å². The van der Waals surface area contributed by atoms with Crippen LogP contribution in [0.1, 0.15) is 33.9 Å². The molecule has 210 valence electrons. The quantitative estimate of drug-likeness (QED) is 0.274. The number of H-pyrrole nitrogens is 1. The van der Waals surface area contributed by atoms with Crippen molar-refractivity contribution >= 4 is 13.7 Å². The summed E-state index contributed by atoms with van der Waals surface area (Å²) in [7, 11) is -4.46. The van der Waals surface area contributed by atoms with Gasteiger partial charge in [0.15, 0.2) is 6.23 Å². The molecular formula is C23H30F2N3O9P. The van der Waals surface area contributed by atoms with Crippen LogP contribution in [-0.4, -0.2) is 63.4 Å². The van der Waals surface area contributed by atoms with Gasteiger partial charge in [-0.2, -0.15) is 5.09 Å². The summed E-state index contributed by atoms with van der Waals surface area (Å²) in [6, 6.07) is 7.50. The second kappa shape index (κ2) is 11.9. The standard InChI is InChI=1S/C23H30F2N3O9P/c1-13(2)34-20(31)14(3)27-38(33,37-16-8-6-5-7-9-16)36-15(4)18-19(30)23(25,12-24)21(35-18)28-11-10-17(29)26-22(28)32/h5-11,13-15,18-19,21,30H,12H2,1-4H3,(H,27,33)(H,26,29,32)/t14-,15+,18+,19?,21+,23+,38+/m0/s1. The molecule has 1 saturated heterocycles. The fraction of sp³-hybridized carbons (Fsp3) is 0.522. The maximum atomic E-state index is 15.7. The Bertz CT molecular complexity index is 1270. The Hall–Kier alpha value is -2.90. The molecule has 3 N–H and O–H groups in total. The van der Waals surface area contributed by atoms with Crippen molar-refractivity contribution in [3.05, 3.63) is 63.4 Å². The topological polar surface area (TPSA) is 158 Å². The molecule has 2 aromatic rings. The number of nitrogens with zero attached hydrogens (tertiary/aromatic N) is 1. The minimum absolute atomic E-state index is 0.0918. The third kappa shape index (κ3) is 6.56. The number of esters is 1. The number of halogens is 2. The number of aliphatic hydroxyl groups excluding tert-OH is 1. The van der Waals surface area contributed by atoms with Gasteiger partial charge < -0.3 is 19.1 Å². The number of para-hydroxylation sites is 1. The third-order valence-electron chi connectivity index (χ3n) is 5.60. The molecule has 15 heteroatoms. The summed E-state index contributed by atoms with van der Waals surface area (Å²) in [5.41, 5.74) is -5.01. The molecule has 0 saturated carbocycles. The molecule has 1 aliphatic heterocycles. The first-order chi connectivity index (χ1) is 17.8. The van der Waals surface area contributed by atoms with E-state index in [0.29, 0.717) is 4.57 Å². The first-order valence-electron chi connectivity index (χ1n) is 11.7. The van der Waals surface area contributed by atoms with Gasteiger partial charge in [0.1, 0.15) is 30.7 Å². The van der Waals surface area contributed by atoms with E-state index in [0.717, 1.165) is 12.3 Å². The maximum Gasteiger partial charge on any atom is 0.459 e. The highest BCUT2D eigenvalue weighted by Gasteiger charge is 2.61. The summed E-state index contributed by atoms with van der Waals surface area (Å²) >= 11 is 0. The van der Waals surface area contributed by atoms with E-state index in [1.165, 1.54) is 26.0 Å². The lowest BCUT2D eigenvalue weighted by Crippen LogP contribution is -2.48. The zero-order valence-corrected chi connectivity index (χ0v) is 22.0. The Labute approximate surface area is 216 Å². The number of aromatic amines is 1. The molecule has 3 rings (SSSR count). The van der Waals surface area contributed by atoms with Crippen LogP contribution in [0.15, 0.2) is 52.2 Å². The molecule has 12 nitrogen and oxygen atoms in total. The van der Waals surface area contributed by atoms with E-state index in [2.05, 4.69) is 5.09 Å². The average Bonchev–Trinajstić information content (AvgIpc) is 3.10. The van der Waals surface area contributed by atoms with Crippen molar-refractivity contribution in [2.45, 2.75) is 70.0 Å². The first-order valence-corrected chi connectivity index (χ1v) is 13.2. The molecule has 0 aliphatic carbocycles. The van der Waals surface area contributed by atoms with Crippen LogP contribution in [0.25, 0.3) is 0 Å². The lowest BCUT2D eigenvalue weighted by Gasteiger charge is -2.29. The van der Waals surface area contributed by atoms with Gasteiger partial charge in [-0.15, -0.1) is 0 Å². The van der Waals surface area contributed by atoms with E-state index < -0.39 is 74.0 Å². The lowest BCUT2D eigenvalue weighted by molar-refractivity contribution is -0.149. The van der Waals surface area contributed by atoms with Gasteiger partial charge in [-0.05, 0) is 39.8 Å². The highest BCUT2D eigenvalue weighted by Crippen LogP contribution is 2.49. The summed E-state index contributed by atoms with van der Waals surface area (Å²) in [5.74, 6) is -0.669. The number of ether oxygens (including phenoxy) is 2. The number of benzene rings is 1. The van der Waals surface area contributed by atoms with Gasteiger partial charge in [-0.3, -0.25) is 23.7 Å². The second-order valence-electron chi connectivity index (χ2n) is 9.02. The number of alkyl halides is 2. The van der Waals surface area contributed by atoms with Crippen molar-refractivity contribution in [1.29, 1.82) is 0 Å². The van der Waals surface area contributed by atoms with Crippen LogP contribution in [0.4, 0.5) is 8.78 Å². The van der Waals surface area contributed by atoms with Crippen molar-refractivity contribution in [3.63, 3.8) is 0 Å². The normalized spacial score (nSPS) is 26.5. The summed E-state index contributed by atoms with van der Waals surface area (Å²) in [6.45, 7) is 4.10. The Morgan fingerprint density at radius 3 is 2.47 bits per heavy atom. The highest BCUT2D eigenvalue weighted by atomic mass is 31.2. The molecule has 7 atom stereocenters. The van der Waals surface area contributed by atoms with Crippen molar-refractivity contribution in [2.75, 3.05) is 6.67 Å². The van der Waals surface area contributed by atoms with Gasteiger partial charge in [-0.1, -0.05) is 18.2 Å². The minimum Gasteiger partial charge on any atom is -0.462 e. The van der Waals surface area contributed by atoms with Gasteiger partial charge in [0.2, 0.25) is 5.67 Å². The zero-order valence-electron chi connectivity index (χ0n) is 21.1. The molecule has 2 heterocycles. The molecule has 1 aromatic carbocycles. The van der Waals surface area contributed by atoms with Crippen LogP contribution in [0.5, 0.6) is 5.75 Å². The molecule has 1 fully saturated rings. The number of hydrogen-bond donors (Lipinski definition) is 3. The SMILES string of the molecule is CC(C)OC(=O)[C@H](C)N[P@](=O)(Oc1ccccc1)O[C@H](C)[C@H]1O[C@@H](n2ccc(=O)[nH]c2=O)[C@@](F)(CF)C1O. The zero-order chi connectivity index (χ0) is 28.3. The molecule has 38 heavy (non-hydrogen) atoms. The number of aliphatic hydroxyl groups is 1. The van der Waals surface area contributed by atoms with Crippen molar-refractivity contribution in [1.82, 2.24) is 14.6 Å². The van der Waals surface area contributed by atoms with Crippen LogP contribution in [-0.2, 0) is 23.4 Å². The third-order valence-corrected chi connectivity index (χ3v) is 7.37. The smallest absolute Gasteiger partial charge is 0.459 e. The van der Waals surface area contributed by atoms with E-state index in [4.69, 9.17) is 18.5 Å². The van der Waals surface area contributed by atoms with Crippen LogP contribution in [0, 0.1) is 0 Å². The van der Waals surface area contributed by atoms with Gasteiger partial charge in [0.05, 0.1) is 12.2 Å². The molecule has 0 amide bonds. The number of rotatable bonds is 11. The number of nitrogens with one attached hydrogen (secondary N) is 2. The highest BCUT2D eigenvalue weighted by molar-refractivity contribution is 7.52. The molecule has 1 unspecified atom stereocenters. The van der Waals surface area contributed by atoms with Gasteiger partial charge in [0, 0.05) is 12.3 Å². The van der Waals surface area contributed by atoms with Crippen molar-refractivity contribution < 1.29 is 41.8 Å². The van der Waals surface area contributed by atoms with E-state index in [9.17, 15) is 28.4 Å². The largest absolute Gasteiger partial charge is 0.462 e. The minimum atomic E-state index is -4.46. The van der Waals surface area contributed by atoms with E-state index in [-0.39, 0.29) is 5.75 Å². The number of aromatic nitrogens is 2. The predicted molar refractivity (Wildman–Crippen MR) is 130 cm³/mol. The van der Waals surface area contributed by atoms with Gasteiger partial charge in [-0.25, -0.2) is 18.1 Å². The van der Waals surface area contributed by atoms with Crippen LogP contribution >= 0.6 is 7.75 Å². The molecule has 0 radical (unpaired) electrons. The second-order valence-corrected chi connectivity index (χ2v) is 10.7. The molecule has 1 aromatic heterocycles. The average molecular weight is 561 g/mol. The lowest BCUT2D eigenvalue weighted by atomic mass is 9.95. The van der Waals surface area contributed by atoms with E-state index >= 15 is 4.39 Å². The van der Waals surface area contributed by atoms with Gasteiger partial charge in [0.25, 0.3) is 5.56 Å². The summed E-state index contributed by atoms with van der Waals surface area (Å²) in [5, 5.41) is 13.1. The monoisotopic (exact) mass is 561 g/mol. The molecule has 0 bridgehead atoms. The number of carbonyl (C=O) groups is 1. The Morgan fingerprint density at radius 2 is 1.89 bits per heavy atom. The van der Waals surface area contributed by atoms with Crippen molar-refractivity contribution in [3.8, 4) is 5.75 Å². The first kappa shape index (κ1) is 29.7. The fourth-order valence-electron chi connectivity index (χ4n) is 3.78. The van der Waals surface area contributed by atoms with Gasteiger partial charge >= 0.3 is 19.4 Å². The number of carbonyl (C=O) groups excluding carboxylic acids is 1. The molecule has 1 aliphatic rings. The molecular weight excluding hydrogens is 531 g/mol. The fourth-order valence-corrected chi connectivity index (χ4v) is 5.47. The number of hydrogen-bond acceptors (Lipinski definition) is 9. The summed E-state index contributed by atoms with van der Waals surface area (Å²) in [4.78, 5) is 37.8. The Morgan fingerprint density at radius 1 is 1.24 bits per heavy atom. The van der Waals surface area contributed by atoms with E-state index in [1.807, 2.05) is 4.98 Å². The Kier molecular flexibility index (Phi) is 9.26. The Balaban J connectivity index is 1.89. The summed E-state index contributed by atoms with van der Waals surface area (Å²) in [6.07, 6.45) is -6.86. The van der Waals surface area contributed by atoms with Crippen molar-refractivity contribution in [2.24, 2.45) is 0 Å². The van der Waals surface area contributed by atoms with Crippen LogP contribution < -0.4 is 20.9 Å². The van der Waals surface area contributed by atoms with Crippen LogP contribution in [0.2, 0.25) is 0 Å². The maximum absolute atomic E-state index is 15.7. The molecule has 0 spiro atoms. The van der Waals surface area contributed by atoms with E-state index in [1.54, 1.807) is 32.0 Å².